The summed E-state index contributed by atoms with van der Waals surface area (Å²) in [6.07, 6.45) is 2.05. The molecule has 0 aromatic heterocycles. The van der Waals surface area contributed by atoms with Crippen LogP contribution >= 0.6 is 12.4 Å². The number of carbonyl (C=O) groups excluding carboxylic acids is 1. The van der Waals surface area contributed by atoms with Crippen LogP contribution in [0.25, 0.3) is 10.4 Å². The lowest BCUT2D eigenvalue weighted by Gasteiger charge is -2.04. The molecule has 0 aliphatic heterocycles. The first-order chi connectivity index (χ1) is 5.68. The lowest BCUT2D eigenvalue weighted by atomic mass is 10.1. The Balaban J connectivity index is 0. The molecule has 0 rings (SSSR count). The molecule has 0 saturated carbocycles. The van der Waals surface area contributed by atoms with Crippen molar-refractivity contribution in [2.75, 3.05) is 6.54 Å². The van der Waals surface area contributed by atoms with Crippen molar-refractivity contribution in [2.24, 2.45) is 16.6 Å². The second-order valence-electron chi connectivity index (χ2n) is 2.46. The third-order valence-corrected chi connectivity index (χ3v) is 1.45. The van der Waals surface area contributed by atoms with Crippen molar-refractivity contribution in [3.05, 3.63) is 10.4 Å². The van der Waals surface area contributed by atoms with E-state index >= 15 is 0 Å². The van der Waals surface area contributed by atoms with Gasteiger partial charge < -0.3 is 11.5 Å². The van der Waals surface area contributed by atoms with Crippen molar-refractivity contribution in [3.63, 3.8) is 0 Å². The van der Waals surface area contributed by atoms with Crippen LogP contribution < -0.4 is 11.5 Å². The SMILES string of the molecule is Cl.[N-]=[N+]=NCCCC[C@H](N)C(N)=O. The normalized spacial score (nSPS) is 10.8. The fourth-order valence-corrected chi connectivity index (χ4v) is 0.734. The number of nitrogens with two attached hydrogens (primary N) is 2. The molecule has 7 heteroatoms. The fourth-order valence-electron chi connectivity index (χ4n) is 0.734. The van der Waals surface area contributed by atoms with Crippen LogP contribution in [-0.2, 0) is 4.79 Å². The average molecular weight is 208 g/mol. The van der Waals surface area contributed by atoms with Crippen LogP contribution in [0.2, 0.25) is 0 Å². The summed E-state index contributed by atoms with van der Waals surface area (Å²) >= 11 is 0. The van der Waals surface area contributed by atoms with Gasteiger partial charge in [0.25, 0.3) is 0 Å². The van der Waals surface area contributed by atoms with Crippen LogP contribution in [0.15, 0.2) is 5.11 Å². The van der Waals surface area contributed by atoms with E-state index in [2.05, 4.69) is 10.0 Å². The van der Waals surface area contributed by atoms with Gasteiger partial charge in [0, 0.05) is 11.5 Å². The highest BCUT2D eigenvalue weighted by Gasteiger charge is 2.06. The highest BCUT2D eigenvalue weighted by Crippen LogP contribution is 1.98. The van der Waals surface area contributed by atoms with E-state index in [4.69, 9.17) is 17.0 Å². The minimum absolute atomic E-state index is 0. The van der Waals surface area contributed by atoms with E-state index in [-0.39, 0.29) is 12.4 Å². The van der Waals surface area contributed by atoms with Crippen LogP contribution in [0.3, 0.4) is 0 Å². The van der Waals surface area contributed by atoms with Gasteiger partial charge in [-0.15, -0.1) is 12.4 Å². The van der Waals surface area contributed by atoms with E-state index in [0.717, 1.165) is 12.8 Å². The highest BCUT2D eigenvalue weighted by molar-refractivity contribution is 5.85. The molecule has 0 aliphatic carbocycles. The lowest BCUT2D eigenvalue weighted by Crippen LogP contribution is -2.36. The predicted molar refractivity (Wildman–Crippen MR) is 52.3 cm³/mol. The number of hydrogen-bond acceptors (Lipinski definition) is 3. The quantitative estimate of drug-likeness (QED) is 0.289. The van der Waals surface area contributed by atoms with E-state index in [0.29, 0.717) is 13.0 Å². The van der Waals surface area contributed by atoms with Crippen molar-refractivity contribution < 1.29 is 4.79 Å². The maximum atomic E-state index is 10.4. The summed E-state index contributed by atoms with van der Waals surface area (Å²) in [5.41, 5.74) is 18.2. The van der Waals surface area contributed by atoms with Gasteiger partial charge in [0.05, 0.1) is 6.04 Å². The van der Waals surface area contributed by atoms with E-state index in [1.54, 1.807) is 0 Å². The minimum Gasteiger partial charge on any atom is -0.368 e. The van der Waals surface area contributed by atoms with E-state index in [1.165, 1.54) is 0 Å². The number of azide groups is 1. The molecule has 0 saturated heterocycles. The molecule has 0 unspecified atom stereocenters. The summed E-state index contributed by atoms with van der Waals surface area (Å²) in [6, 6.07) is -0.573. The Labute approximate surface area is 82.7 Å². The van der Waals surface area contributed by atoms with Crippen molar-refractivity contribution in [3.8, 4) is 0 Å². The first-order valence-electron chi connectivity index (χ1n) is 3.74. The summed E-state index contributed by atoms with van der Waals surface area (Å²) in [5, 5.41) is 3.34. The summed E-state index contributed by atoms with van der Waals surface area (Å²) in [6.45, 7) is 0.446. The maximum Gasteiger partial charge on any atom is 0.234 e. The molecule has 76 valence electrons. The first kappa shape index (κ1) is 14.5. The highest BCUT2D eigenvalue weighted by atomic mass is 35.5. The lowest BCUT2D eigenvalue weighted by molar-refractivity contribution is -0.119. The molecule has 0 spiro atoms. The number of nitrogens with zero attached hydrogens (tertiary/aromatic N) is 3. The zero-order valence-electron chi connectivity index (χ0n) is 7.22. The number of hydrogen-bond donors (Lipinski definition) is 2. The van der Waals surface area contributed by atoms with Crippen LogP contribution in [-0.4, -0.2) is 18.5 Å². The third-order valence-electron chi connectivity index (χ3n) is 1.45. The van der Waals surface area contributed by atoms with Gasteiger partial charge >= 0.3 is 0 Å². The topological polar surface area (TPSA) is 118 Å². The van der Waals surface area contributed by atoms with Crippen molar-refractivity contribution in [2.45, 2.75) is 25.3 Å². The van der Waals surface area contributed by atoms with Gasteiger partial charge in [-0.05, 0) is 18.4 Å². The van der Waals surface area contributed by atoms with Crippen LogP contribution in [0.4, 0.5) is 0 Å². The van der Waals surface area contributed by atoms with Crippen molar-refractivity contribution >= 4 is 18.3 Å². The number of halogens is 1. The molecule has 0 fully saturated rings. The molecule has 0 heterocycles. The van der Waals surface area contributed by atoms with E-state index in [9.17, 15) is 4.79 Å². The smallest absolute Gasteiger partial charge is 0.234 e. The number of primary amides is 1. The largest absolute Gasteiger partial charge is 0.368 e. The second kappa shape index (κ2) is 9.12. The molecule has 0 aromatic rings. The van der Waals surface area contributed by atoms with E-state index < -0.39 is 11.9 Å². The number of carbonyl (C=O) groups is 1. The molecule has 1 atom stereocenters. The number of amides is 1. The van der Waals surface area contributed by atoms with Gasteiger partial charge in [-0.25, -0.2) is 0 Å². The fraction of sp³-hybridized carbons (Fsp3) is 0.833. The standard InChI is InChI=1S/C6H13N5O.ClH/c7-5(6(8)12)3-1-2-4-10-11-9;/h5H,1-4,7H2,(H2,8,12);1H/t5-;/m0./s1. The Morgan fingerprint density at radius 2 is 2.15 bits per heavy atom. The average Bonchev–Trinajstić information content (AvgIpc) is 2.03. The van der Waals surface area contributed by atoms with Gasteiger partial charge in [0.15, 0.2) is 0 Å². The molecule has 13 heavy (non-hydrogen) atoms. The Morgan fingerprint density at radius 3 is 2.62 bits per heavy atom. The van der Waals surface area contributed by atoms with Crippen molar-refractivity contribution in [1.82, 2.24) is 0 Å². The molecular weight excluding hydrogens is 194 g/mol. The maximum absolute atomic E-state index is 10.4. The number of rotatable bonds is 6. The number of unbranched alkanes of at least 4 members (excludes halogenated alkanes) is 1. The molecule has 0 radical (unpaired) electrons. The summed E-state index contributed by atoms with van der Waals surface area (Å²) in [7, 11) is 0. The molecule has 0 aliphatic rings. The van der Waals surface area contributed by atoms with Gasteiger partial charge in [-0.3, -0.25) is 4.79 Å². The first-order valence-corrected chi connectivity index (χ1v) is 3.74. The van der Waals surface area contributed by atoms with Gasteiger partial charge in [-0.1, -0.05) is 11.5 Å². The molecule has 0 aromatic carbocycles. The molecular formula is C6H14ClN5O. The van der Waals surface area contributed by atoms with E-state index in [1.807, 2.05) is 0 Å². The second-order valence-corrected chi connectivity index (χ2v) is 2.46. The third kappa shape index (κ3) is 8.94. The predicted octanol–water partition coefficient (Wildman–Crippen LogP) is 0.701. The Morgan fingerprint density at radius 1 is 1.54 bits per heavy atom. The monoisotopic (exact) mass is 207 g/mol. The summed E-state index contributed by atoms with van der Waals surface area (Å²) in [5.74, 6) is -0.487. The summed E-state index contributed by atoms with van der Waals surface area (Å²) < 4.78 is 0. The zero-order chi connectivity index (χ0) is 9.40. The van der Waals surface area contributed by atoms with Gasteiger partial charge in [0.2, 0.25) is 5.91 Å². The Hall–Kier alpha value is -0.970. The van der Waals surface area contributed by atoms with Crippen LogP contribution in [0, 0.1) is 0 Å². The van der Waals surface area contributed by atoms with Crippen molar-refractivity contribution in [1.29, 1.82) is 0 Å². The zero-order valence-corrected chi connectivity index (χ0v) is 8.04. The molecule has 6 nitrogen and oxygen atoms in total. The molecule has 0 bridgehead atoms. The Kier molecular flexibility index (Phi) is 10.2. The molecule has 4 N–H and O–H groups in total. The van der Waals surface area contributed by atoms with Gasteiger partial charge in [0.1, 0.15) is 0 Å². The molecule has 1 amide bonds. The summed E-state index contributed by atoms with van der Waals surface area (Å²) in [4.78, 5) is 13.0. The van der Waals surface area contributed by atoms with Crippen LogP contribution in [0.5, 0.6) is 0 Å². The van der Waals surface area contributed by atoms with Crippen LogP contribution in [0.1, 0.15) is 19.3 Å². The van der Waals surface area contributed by atoms with Gasteiger partial charge in [-0.2, -0.15) is 0 Å². The minimum atomic E-state index is -0.573. The Bertz CT molecular complexity index is 191.